The molecule has 1 saturated heterocycles. The van der Waals surface area contributed by atoms with Crippen molar-refractivity contribution in [2.24, 2.45) is 5.92 Å². The summed E-state index contributed by atoms with van der Waals surface area (Å²) in [6, 6.07) is 5.05. The van der Waals surface area contributed by atoms with Crippen molar-refractivity contribution in [3.8, 4) is 0 Å². The second kappa shape index (κ2) is 5.89. The minimum atomic E-state index is 0.627. The first-order valence-electron chi connectivity index (χ1n) is 7.53. The van der Waals surface area contributed by atoms with Crippen LogP contribution in [0.5, 0.6) is 0 Å². The highest BCUT2D eigenvalue weighted by atomic mass is 15.2. The number of rotatable bonds is 3. The van der Waals surface area contributed by atoms with Crippen molar-refractivity contribution in [2.75, 3.05) is 26.2 Å². The van der Waals surface area contributed by atoms with E-state index >= 15 is 0 Å². The highest BCUT2D eigenvalue weighted by Gasteiger charge is 2.31. The van der Waals surface area contributed by atoms with Gasteiger partial charge in [0.15, 0.2) is 0 Å². The number of H-pyrrole nitrogens is 1. The summed E-state index contributed by atoms with van der Waals surface area (Å²) in [4.78, 5) is 6.16. The Bertz CT molecular complexity index is 317. The van der Waals surface area contributed by atoms with Crippen LogP contribution < -0.4 is 5.32 Å². The number of aromatic amines is 1. The molecule has 100 valence electrons. The number of nitrogens with one attached hydrogen (secondary N) is 2. The Hall–Kier alpha value is -0.800. The van der Waals surface area contributed by atoms with Crippen LogP contribution in [0.25, 0.3) is 0 Å². The Labute approximate surface area is 110 Å². The molecule has 0 radical (unpaired) electrons. The number of piperazine rings is 1. The lowest BCUT2D eigenvalue weighted by molar-refractivity contribution is 0.101. The van der Waals surface area contributed by atoms with E-state index < -0.39 is 0 Å². The molecule has 18 heavy (non-hydrogen) atoms. The monoisotopic (exact) mass is 247 g/mol. The van der Waals surface area contributed by atoms with Crippen LogP contribution in [0.1, 0.15) is 43.8 Å². The van der Waals surface area contributed by atoms with E-state index in [4.69, 9.17) is 0 Å². The summed E-state index contributed by atoms with van der Waals surface area (Å²) in [7, 11) is 0. The number of hydrogen-bond acceptors (Lipinski definition) is 2. The summed E-state index contributed by atoms with van der Waals surface area (Å²) < 4.78 is 0. The first-order chi connectivity index (χ1) is 8.95. The molecule has 1 aliphatic heterocycles. The van der Waals surface area contributed by atoms with Gasteiger partial charge >= 0.3 is 0 Å². The molecule has 3 heteroatoms. The fraction of sp³-hybridized carbons (Fsp3) is 0.733. The molecule has 0 aromatic carbocycles. The summed E-state index contributed by atoms with van der Waals surface area (Å²) in [5, 5.41) is 3.47. The highest BCUT2D eigenvalue weighted by molar-refractivity contribution is 5.11. The molecule has 1 atom stereocenters. The smallest absolute Gasteiger partial charge is 0.0527 e. The fourth-order valence-electron chi connectivity index (χ4n) is 3.69. The van der Waals surface area contributed by atoms with Crippen LogP contribution in [0.2, 0.25) is 0 Å². The van der Waals surface area contributed by atoms with E-state index in [1.54, 1.807) is 0 Å². The SMILES string of the molecule is c1c[nH]c([C@@H](C2CCCCC2)N2CCNCC2)c1. The predicted octanol–water partition coefficient (Wildman–Crippen LogP) is 2.54. The lowest BCUT2D eigenvalue weighted by atomic mass is 9.81. The molecule has 1 aromatic rings. The van der Waals surface area contributed by atoms with E-state index in [1.807, 2.05) is 0 Å². The third-order valence-corrected chi connectivity index (χ3v) is 4.58. The molecule has 3 nitrogen and oxygen atoms in total. The second-order valence-electron chi connectivity index (χ2n) is 5.75. The molecule has 0 unspecified atom stereocenters. The van der Waals surface area contributed by atoms with Crippen molar-refractivity contribution in [3.05, 3.63) is 24.0 Å². The van der Waals surface area contributed by atoms with Crippen molar-refractivity contribution in [1.29, 1.82) is 0 Å². The molecule has 0 bridgehead atoms. The van der Waals surface area contributed by atoms with Gasteiger partial charge in [0.25, 0.3) is 0 Å². The second-order valence-corrected chi connectivity index (χ2v) is 5.75. The van der Waals surface area contributed by atoms with Crippen molar-refractivity contribution in [2.45, 2.75) is 38.1 Å². The molecule has 3 rings (SSSR count). The molecule has 2 aliphatic rings. The van der Waals surface area contributed by atoms with Gasteiger partial charge in [-0.15, -0.1) is 0 Å². The molecule has 1 saturated carbocycles. The quantitative estimate of drug-likeness (QED) is 0.860. The van der Waals surface area contributed by atoms with E-state index in [9.17, 15) is 0 Å². The van der Waals surface area contributed by atoms with Gasteiger partial charge in [0, 0.05) is 38.1 Å². The van der Waals surface area contributed by atoms with Crippen LogP contribution in [-0.4, -0.2) is 36.1 Å². The Kier molecular flexibility index (Phi) is 4.01. The molecule has 2 N–H and O–H groups in total. The average Bonchev–Trinajstić information content (AvgIpc) is 2.95. The van der Waals surface area contributed by atoms with Gasteiger partial charge in [-0.1, -0.05) is 19.3 Å². The molecular formula is C15H25N3. The first-order valence-corrected chi connectivity index (χ1v) is 7.53. The lowest BCUT2D eigenvalue weighted by Crippen LogP contribution is -2.47. The zero-order valence-electron chi connectivity index (χ0n) is 11.2. The van der Waals surface area contributed by atoms with Crippen molar-refractivity contribution < 1.29 is 0 Å². The largest absolute Gasteiger partial charge is 0.364 e. The van der Waals surface area contributed by atoms with Gasteiger partial charge in [0.1, 0.15) is 0 Å². The topological polar surface area (TPSA) is 31.1 Å². The Morgan fingerprint density at radius 2 is 1.89 bits per heavy atom. The van der Waals surface area contributed by atoms with E-state index in [0.29, 0.717) is 6.04 Å². The lowest BCUT2D eigenvalue weighted by Gasteiger charge is -2.40. The van der Waals surface area contributed by atoms with Crippen LogP contribution in [-0.2, 0) is 0 Å². The van der Waals surface area contributed by atoms with Crippen LogP contribution in [0.3, 0.4) is 0 Å². The third kappa shape index (κ3) is 2.62. The minimum Gasteiger partial charge on any atom is -0.364 e. The highest BCUT2D eigenvalue weighted by Crippen LogP contribution is 2.37. The first kappa shape index (κ1) is 12.2. The average molecular weight is 247 g/mol. The predicted molar refractivity (Wildman–Crippen MR) is 74.6 cm³/mol. The zero-order chi connectivity index (χ0) is 12.2. The maximum atomic E-state index is 3.47. The number of aromatic nitrogens is 1. The Morgan fingerprint density at radius 3 is 2.56 bits per heavy atom. The Morgan fingerprint density at radius 1 is 1.11 bits per heavy atom. The minimum absolute atomic E-state index is 0.627. The van der Waals surface area contributed by atoms with Gasteiger partial charge in [0.2, 0.25) is 0 Å². The van der Waals surface area contributed by atoms with Crippen molar-refractivity contribution >= 4 is 0 Å². The normalized spacial score (nSPS) is 25.1. The standard InChI is InChI=1S/C15H25N3/c1-2-5-13(6-3-1)15(14-7-4-8-17-14)18-11-9-16-10-12-18/h4,7-8,13,15-17H,1-3,5-6,9-12H2/t15-/m1/s1. The molecule has 2 fully saturated rings. The van der Waals surface area contributed by atoms with Crippen LogP contribution in [0, 0.1) is 5.92 Å². The van der Waals surface area contributed by atoms with E-state index in [1.165, 1.54) is 50.9 Å². The molecule has 2 heterocycles. The third-order valence-electron chi connectivity index (χ3n) is 4.58. The van der Waals surface area contributed by atoms with Crippen LogP contribution >= 0.6 is 0 Å². The number of hydrogen-bond donors (Lipinski definition) is 2. The Balaban J connectivity index is 1.78. The summed E-state index contributed by atoms with van der Waals surface area (Å²) in [6.07, 6.45) is 9.19. The van der Waals surface area contributed by atoms with Crippen molar-refractivity contribution in [3.63, 3.8) is 0 Å². The maximum absolute atomic E-state index is 3.47. The van der Waals surface area contributed by atoms with Gasteiger partial charge in [-0.05, 0) is 30.9 Å². The summed E-state index contributed by atoms with van der Waals surface area (Å²) in [5.41, 5.74) is 1.43. The molecule has 1 aliphatic carbocycles. The van der Waals surface area contributed by atoms with E-state index in [-0.39, 0.29) is 0 Å². The summed E-state index contributed by atoms with van der Waals surface area (Å²) in [6.45, 7) is 4.67. The van der Waals surface area contributed by atoms with Gasteiger partial charge in [0.05, 0.1) is 6.04 Å². The number of nitrogens with zero attached hydrogens (tertiary/aromatic N) is 1. The van der Waals surface area contributed by atoms with Crippen LogP contribution in [0.4, 0.5) is 0 Å². The van der Waals surface area contributed by atoms with Gasteiger partial charge in [-0.3, -0.25) is 4.90 Å². The van der Waals surface area contributed by atoms with E-state index in [2.05, 4.69) is 33.5 Å². The van der Waals surface area contributed by atoms with Crippen molar-refractivity contribution in [1.82, 2.24) is 15.2 Å². The van der Waals surface area contributed by atoms with Gasteiger partial charge in [-0.25, -0.2) is 0 Å². The molecular weight excluding hydrogens is 222 g/mol. The van der Waals surface area contributed by atoms with E-state index in [0.717, 1.165) is 19.0 Å². The molecule has 0 amide bonds. The maximum Gasteiger partial charge on any atom is 0.0527 e. The molecule has 1 aromatic heterocycles. The van der Waals surface area contributed by atoms with Crippen LogP contribution in [0.15, 0.2) is 18.3 Å². The van der Waals surface area contributed by atoms with Gasteiger partial charge < -0.3 is 10.3 Å². The summed E-state index contributed by atoms with van der Waals surface area (Å²) >= 11 is 0. The summed E-state index contributed by atoms with van der Waals surface area (Å²) in [5.74, 6) is 0.857. The molecule has 0 spiro atoms. The van der Waals surface area contributed by atoms with Gasteiger partial charge in [-0.2, -0.15) is 0 Å². The fourth-order valence-corrected chi connectivity index (χ4v) is 3.69. The zero-order valence-corrected chi connectivity index (χ0v) is 11.2.